The fourth-order valence-corrected chi connectivity index (χ4v) is 3.32. The minimum atomic E-state index is -0.459. The zero-order valence-electron chi connectivity index (χ0n) is 15.2. The molecular weight excluding hydrogens is 370 g/mol. The van der Waals surface area contributed by atoms with Crippen molar-refractivity contribution in [2.45, 2.75) is 13.0 Å². The number of aryl methyl sites for hydroxylation is 1. The topological polar surface area (TPSA) is 87.2 Å². The minimum absolute atomic E-state index is 0.00288. The van der Waals surface area contributed by atoms with Gasteiger partial charge in [0.1, 0.15) is 22.4 Å². The Hall–Kier alpha value is -4.00. The maximum Gasteiger partial charge on any atom is 0.313 e. The summed E-state index contributed by atoms with van der Waals surface area (Å²) in [6.45, 7) is 0.0897. The summed E-state index contributed by atoms with van der Waals surface area (Å²) in [4.78, 5) is 24.7. The van der Waals surface area contributed by atoms with Crippen LogP contribution in [-0.4, -0.2) is 21.0 Å². The first-order chi connectivity index (χ1) is 14.2. The van der Waals surface area contributed by atoms with E-state index < -0.39 is 5.97 Å². The van der Waals surface area contributed by atoms with E-state index in [2.05, 4.69) is 10.3 Å². The van der Waals surface area contributed by atoms with E-state index in [1.807, 2.05) is 24.3 Å². The molecule has 0 fully saturated rings. The molecule has 0 spiro atoms. The molecule has 5 aromatic rings. The largest absolute Gasteiger partial charge is 0.456 e. The highest BCUT2D eigenvalue weighted by Crippen LogP contribution is 2.31. The van der Waals surface area contributed by atoms with E-state index >= 15 is 0 Å². The molecule has 0 aliphatic rings. The fraction of sp³-hybridized carbons (Fsp3) is 0.0909. The monoisotopic (exact) mass is 385 g/mol. The van der Waals surface area contributed by atoms with Crippen LogP contribution in [0.25, 0.3) is 32.8 Å². The van der Waals surface area contributed by atoms with Gasteiger partial charge in [-0.05, 0) is 36.4 Å². The fourth-order valence-electron chi connectivity index (χ4n) is 3.32. The van der Waals surface area contributed by atoms with Crippen LogP contribution in [0.5, 0.6) is 5.75 Å². The predicted octanol–water partition coefficient (Wildman–Crippen LogP) is 3.69. The Morgan fingerprint density at radius 1 is 0.931 bits per heavy atom. The van der Waals surface area contributed by atoms with E-state index in [0.29, 0.717) is 16.7 Å². The number of para-hydroxylation sites is 1. The highest BCUT2D eigenvalue weighted by atomic mass is 16.5. The van der Waals surface area contributed by atoms with Crippen molar-refractivity contribution in [3.63, 3.8) is 0 Å². The van der Waals surface area contributed by atoms with Gasteiger partial charge in [-0.1, -0.05) is 35.5 Å². The summed E-state index contributed by atoms with van der Waals surface area (Å²) in [5, 5.41) is 10.2. The summed E-state index contributed by atoms with van der Waals surface area (Å²) in [5.41, 5.74) is 1.75. The lowest BCUT2D eigenvalue weighted by Gasteiger charge is -2.06. The number of ether oxygens (including phenoxy) is 1. The third-order valence-corrected chi connectivity index (χ3v) is 4.74. The van der Waals surface area contributed by atoms with Gasteiger partial charge in [0.25, 0.3) is 5.56 Å². The molecule has 0 saturated heterocycles. The van der Waals surface area contributed by atoms with Gasteiger partial charge < -0.3 is 9.15 Å². The Labute approximate surface area is 164 Å². The smallest absolute Gasteiger partial charge is 0.313 e. The van der Waals surface area contributed by atoms with Gasteiger partial charge in [-0.15, -0.1) is 5.10 Å². The molecule has 3 aromatic carbocycles. The number of esters is 1. The van der Waals surface area contributed by atoms with Gasteiger partial charge in [-0.25, -0.2) is 4.68 Å². The molecule has 0 aliphatic carbocycles. The van der Waals surface area contributed by atoms with Crippen LogP contribution in [0.3, 0.4) is 0 Å². The van der Waals surface area contributed by atoms with Crippen LogP contribution in [0.4, 0.5) is 0 Å². The van der Waals surface area contributed by atoms with Gasteiger partial charge in [-0.3, -0.25) is 9.59 Å². The lowest BCUT2D eigenvalue weighted by molar-refractivity contribution is -0.134. The van der Waals surface area contributed by atoms with Gasteiger partial charge in [0.2, 0.25) is 0 Å². The summed E-state index contributed by atoms with van der Waals surface area (Å²) in [6, 6.07) is 19.9. The molecule has 7 nitrogen and oxygen atoms in total. The maximum absolute atomic E-state index is 12.4. The molecule has 0 unspecified atom stereocenters. The minimum Gasteiger partial charge on any atom is -0.456 e. The van der Waals surface area contributed by atoms with E-state index in [1.54, 1.807) is 42.5 Å². The van der Waals surface area contributed by atoms with Crippen molar-refractivity contribution in [3.05, 3.63) is 77.1 Å². The summed E-state index contributed by atoms with van der Waals surface area (Å²) < 4.78 is 12.4. The molecule has 7 heteroatoms. The van der Waals surface area contributed by atoms with Crippen LogP contribution in [0.15, 0.2) is 75.9 Å². The number of nitrogens with zero attached hydrogens (tertiary/aromatic N) is 3. The molecule has 0 N–H and O–H groups in total. The van der Waals surface area contributed by atoms with Crippen molar-refractivity contribution in [2.24, 2.45) is 0 Å². The van der Waals surface area contributed by atoms with Crippen molar-refractivity contribution in [1.29, 1.82) is 0 Å². The second-order valence-corrected chi connectivity index (χ2v) is 6.62. The average Bonchev–Trinajstić information content (AvgIpc) is 3.11. The Balaban J connectivity index is 1.34. The molecule has 2 heterocycles. The van der Waals surface area contributed by atoms with Gasteiger partial charge in [0.15, 0.2) is 0 Å². The van der Waals surface area contributed by atoms with E-state index in [-0.39, 0.29) is 18.5 Å². The SMILES string of the molecule is O=C(CCn1nnc2ccccc2c1=O)Oc1ccc2oc3ccccc3c2c1. The van der Waals surface area contributed by atoms with Crippen LogP contribution in [-0.2, 0) is 11.3 Å². The first-order valence-corrected chi connectivity index (χ1v) is 9.13. The van der Waals surface area contributed by atoms with E-state index in [0.717, 1.165) is 21.9 Å². The van der Waals surface area contributed by atoms with E-state index in [1.165, 1.54) is 4.68 Å². The first kappa shape index (κ1) is 17.1. The lowest BCUT2D eigenvalue weighted by atomic mass is 10.1. The summed E-state index contributed by atoms with van der Waals surface area (Å²) in [5.74, 6) is -0.0370. The Kier molecular flexibility index (Phi) is 4.05. The van der Waals surface area contributed by atoms with Crippen LogP contribution in [0, 0.1) is 0 Å². The number of hydrogen-bond donors (Lipinski definition) is 0. The van der Waals surface area contributed by atoms with Gasteiger partial charge >= 0.3 is 5.97 Å². The van der Waals surface area contributed by atoms with Crippen molar-refractivity contribution in [2.75, 3.05) is 0 Å². The number of carbonyl (C=O) groups excluding carboxylic acids is 1. The molecule has 29 heavy (non-hydrogen) atoms. The highest BCUT2D eigenvalue weighted by Gasteiger charge is 2.12. The van der Waals surface area contributed by atoms with Gasteiger partial charge in [0, 0.05) is 10.8 Å². The number of carbonyl (C=O) groups is 1. The number of fused-ring (bicyclic) bond motifs is 4. The lowest BCUT2D eigenvalue weighted by Crippen LogP contribution is -2.26. The first-order valence-electron chi connectivity index (χ1n) is 9.13. The molecule has 2 aromatic heterocycles. The zero-order valence-corrected chi connectivity index (χ0v) is 15.2. The average molecular weight is 385 g/mol. The third kappa shape index (κ3) is 3.12. The predicted molar refractivity (Wildman–Crippen MR) is 108 cm³/mol. The molecule has 142 valence electrons. The van der Waals surface area contributed by atoms with E-state index in [9.17, 15) is 9.59 Å². The molecule has 0 bridgehead atoms. The second-order valence-electron chi connectivity index (χ2n) is 6.62. The normalized spacial score (nSPS) is 11.3. The number of rotatable bonds is 4. The van der Waals surface area contributed by atoms with Gasteiger partial charge in [-0.2, -0.15) is 0 Å². The molecule has 0 atom stereocenters. The summed E-state index contributed by atoms with van der Waals surface area (Å²) in [7, 11) is 0. The molecule has 0 radical (unpaired) electrons. The molecular formula is C22H15N3O4. The molecule has 5 rings (SSSR count). The quantitative estimate of drug-likeness (QED) is 0.346. The summed E-state index contributed by atoms with van der Waals surface area (Å²) in [6.07, 6.45) is -0.00288. The molecule has 0 saturated carbocycles. The van der Waals surface area contributed by atoms with Crippen LogP contribution in [0.2, 0.25) is 0 Å². The molecule has 0 amide bonds. The van der Waals surface area contributed by atoms with Crippen LogP contribution < -0.4 is 10.3 Å². The maximum atomic E-state index is 12.4. The van der Waals surface area contributed by atoms with Crippen molar-refractivity contribution in [3.8, 4) is 5.75 Å². The van der Waals surface area contributed by atoms with Crippen molar-refractivity contribution < 1.29 is 13.9 Å². The number of furan rings is 1. The highest BCUT2D eigenvalue weighted by molar-refractivity contribution is 6.05. The standard InChI is InChI=1S/C22H15N3O4/c26-21(11-12-25-22(27)16-6-1-3-7-18(16)23-24-25)28-14-9-10-20-17(13-14)15-5-2-4-8-19(15)29-20/h1-10,13H,11-12H2. The Morgan fingerprint density at radius 3 is 2.59 bits per heavy atom. The third-order valence-electron chi connectivity index (χ3n) is 4.74. The van der Waals surface area contributed by atoms with Crippen molar-refractivity contribution in [1.82, 2.24) is 15.0 Å². The van der Waals surface area contributed by atoms with Crippen LogP contribution in [0.1, 0.15) is 6.42 Å². The second kappa shape index (κ2) is 6.87. The number of aromatic nitrogens is 3. The number of benzene rings is 3. The Morgan fingerprint density at radius 2 is 1.69 bits per heavy atom. The molecule has 0 aliphatic heterocycles. The zero-order chi connectivity index (χ0) is 19.8. The van der Waals surface area contributed by atoms with Crippen LogP contribution >= 0.6 is 0 Å². The number of hydrogen-bond acceptors (Lipinski definition) is 6. The van der Waals surface area contributed by atoms with E-state index in [4.69, 9.17) is 9.15 Å². The summed E-state index contributed by atoms with van der Waals surface area (Å²) >= 11 is 0. The Bertz CT molecular complexity index is 1430. The van der Waals surface area contributed by atoms with Gasteiger partial charge in [0.05, 0.1) is 18.4 Å². The van der Waals surface area contributed by atoms with Crippen molar-refractivity contribution >= 4 is 38.8 Å².